The lowest BCUT2D eigenvalue weighted by Gasteiger charge is -2.34. The zero-order valence-electron chi connectivity index (χ0n) is 16.9. The number of sulfonamides is 1. The Morgan fingerprint density at radius 2 is 1.72 bits per heavy atom. The van der Waals surface area contributed by atoms with Crippen LogP contribution in [-0.2, 0) is 21.2 Å². The first-order chi connectivity index (χ1) is 13.4. The zero-order chi connectivity index (χ0) is 21.8. The molecule has 0 aliphatic heterocycles. The van der Waals surface area contributed by atoms with Crippen LogP contribution in [-0.4, -0.2) is 32.2 Å². The van der Waals surface area contributed by atoms with Gasteiger partial charge >= 0.3 is 0 Å². The van der Waals surface area contributed by atoms with E-state index in [2.05, 4.69) is 5.32 Å². The molecule has 1 atom stereocenters. The van der Waals surface area contributed by atoms with Crippen molar-refractivity contribution in [1.29, 1.82) is 0 Å². The SMILES string of the molecule is CC[C@H](C(=O)NC(C)(C)Cc1ccccc1)N(c1ccc(Cl)c(Cl)c1)S(C)(=O)=O. The smallest absolute Gasteiger partial charge is 0.244 e. The lowest BCUT2D eigenvalue weighted by atomic mass is 9.94. The van der Waals surface area contributed by atoms with Crippen molar-refractivity contribution in [2.75, 3.05) is 10.6 Å². The largest absolute Gasteiger partial charge is 0.349 e. The number of anilines is 1. The molecule has 0 aliphatic carbocycles. The van der Waals surface area contributed by atoms with Gasteiger partial charge in [-0.05, 0) is 50.5 Å². The minimum Gasteiger partial charge on any atom is -0.349 e. The molecule has 8 heteroatoms. The second-order valence-electron chi connectivity index (χ2n) is 7.62. The van der Waals surface area contributed by atoms with E-state index in [-0.39, 0.29) is 10.9 Å². The molecule has 158 valence electrons. The quantitative estimate of drug-likeness (QED) is 0.626. The average Bonchev–Trinajstić information content (AvgIpc) is 2.61. The van der Waals surface area contributed by atoms with Crippen LogP contribution in [0.3, 0.4) is 0 Å². The highest BCUT2D eigenvalue weighted by Gasteiger charge is 2.34. The number of hydrogen-bond donors (Lipinski definition) is 1. The highest BCUT2D eigenvalue weighted by molar-refractivity contribution is 7.92. The van der Waals surface area contributed by atoms with Gasteiger partial charge in [0.25, 0.3) is 0 Å². The van der Waals surface area contributed by atoms with Crippen molar-refractivity contribution >= 4 is 44.8 Å². The Kier molecular flexibility index (Phi) is 7.60. The molecule has 0 heterocycles. The van der Waals surface area contributed by atoms with Gasteiger partial charge in [-0.15, -0.1) is 0 Å². The number of halogens is 2. The van der Waals surface area contributed by atoms with Gasteiger partial charge in [0.05, 0.1) is 22.0 Å². The predicted molar refractivity (Wildman–Crippen MR) is 120 cm³/mol. The van der Waals surface area contributed by atoms with Crippen LogP contribution < -0.4 is 9.62 Å². The van der Waals surface area contributed by atoms with Gasteiger partial charge in [0.15, 0.2) is 0 Å². The standard InChI is InChI=1S/C21H26Cl2N2O3S/c1-5-19(20(26)24-21(2,3)14-15-9-7-6-8-10-15)25(29(4,27)28)16-11-12-17(22)18(23)13-16/h6-13,19H,5,14H2,1-4H3,(H,24,26)/t19-/m1/s1. The number of nitrogens with zero attached hydrogens (tertiary/aromatic N) is 1. The topological polar surface area (TPSA) is 66.5 Å². The fourth-order valence-electron chi connectivity index (χ4n) is 3.25. The minimum absolute atomic E-state index is 0.220. The second-order valence-corrected chi connectivity index (χ2v) is 10.3. The van der Waals surface area contributed by atoms with E-state index in [1.165, 1.54) is 12.1 Å². The summed E-state index contributed by atoms with van der Waals surface area (Å²) in [6, 6.07) is 13.4. The Balaban J connectivity index is 2.31. The molecule has 0 aliphatic rings. The molecule has 2 aromatic rings. The average molecular weight is 457 g/mol. The summed E-state index contributed by atoms with van der Waals surface area (Å²) in [4.78, 5) is 13.1. The number of benzene rings is 2. The van der Waals surface area contributed by atoms with Crippen LogP contribution in [0.5, 0.6) is 0 Å². The molecule has 0 saturated heterocycles. The Hall–Kier alpha value is -1.76. The highest BCUT2D eigenvalue weighted by atomic mass is 35.5. The molecule has 5 nitrogen and oxygen atoms in total. The van der Waals surface area contributed by atoms with Crippen molar-refractivity contribution in [2.45, 2.75) is 45.2 Å². The van der Waals surface area contributed by atoms with E-state index in [4.69, 9.17) is 23.2 Å². The zero-order valence-corrected chi connectivity index (χ0v) is 19.3. The van der Waals surface area contributed by atoms with Crippen molar-refractivity contribution in [3.8, 4) is 0 Å². The summed E-state index contributed by atoms with van der Waals surface area (Å²) in [5, 5.41) is 3.53. The normalized spacial score (nSPS) is 13.0. The van der Waals surface area contributed by atoms with E-state index in [9.17, 15) is 13.2 Å². The maximum atomic E-state index is 13.1. The van der Waals surface area contributed by atoms with E-state index < -0.39 is 21.6 Å². The maximum absolute atomic E-state index is 13.1. The van der Waals surface area contributed by atoms with Gasteiger partial charge in [-0.3, -0.25) is 9.10 Å². The first kappa shape index (κ1) is 23.5. The second kappa shape index (κ2) is 9.37. The maximum Gasteiger partial charge on any atom is 0.244 e. The molecule has 1 N–H and O–H groups in total. The van der Waals surface area contributed by atoms with E-state index in [0.717, 1.165) is 16.1 Å². The van der Waals surface area contributed by atoms with Crippen molar-refractivity contribution in [2.24, 2.45) is 0 Å². The fraction of sp³-hybridized carbons (Fsp3) is 0.381. The first-order valence-corrected chi connectivity index (χ1v) is 11.9. The number of carbonyl (C=O) groups is 1. The molecule has 2 aromatic carbocycles. The van der Waals surface area contributed by atoms with Gasteiger partial charge in [0.2, 0.25) is 15.9 Å². The van der Waals surface area contributed by atoms with Crippen molar-refractivity contribution in [1.82, 2.24) is 5.32 Å². The van der Waals surface area contributed by atoms with Crippen LogP contribution >= 0.6 is 23.2 Å². The Labute approximate surface area is 183 Å². The Bertz CT molecular complexity index is 963. The molecule has 1 amide bonds. The van der Waals surface area contributed by atoms with Gasteiger partial charge in [0.1, 0.15) is 6.04 Å². The van der Waals surface area contributed by atoms with Gasteiger partial charge in [-0.25, -0.2) is 8.42 Å². The molecule has 0 bridgehead atoms. The third-order valence-electron chi connectivity index (χ3n) is 4.44. The summed E-state index contributed by atoms with van der Waals surface area (Å²) in [6.07, 6.45) is 1.97. The van der Waals surface area contributed by atoms with Crippen LogP contribution in [0.2, 0.25) is 10.0 Å². The van der Waals surface area contributed by atoms with Crippen LogP contribution in [0, 0.1) is 0 Å². The fourth-order valence-corrected chi connectivity index (χ4v) is 4.75. The number of carbonyl (C=O) groups excluding carboxylic acids is 1. The Morgan fingerprint density at radius 1 is 1.10 bits per heavy atom. The van der Waals surface area contributed by atoms with Crippen molar-refractivity contribution in [3.05, 3.63) is 64.1 Å². The predicted octanol–water partition coefficient (Wildman–Crippen LogP) is 4.68. The van der Waals surface area contributed by atoms with Crippen molar-refractivity contribution in [3.63, 3.8) is 0 Å². The summed E-state index contributed by atoms with van der Waals surface area (Å²) in [7, 11) is -3.75. The van der Waals surface area contributed by atoms with Crippen LogP contribution in [0.1, 0.15) is 32.8 Å². The highest BCUT2D eigenvalue weighted by Crippen LogP contribution is 2.30. The number of amides is 1. The van der Waals surface area contributed by atoms with Crippen LogP contribution in [0.15, 0.2) is 48.5 Å². The van der Waals surface area contributed by atoms with Crippen LogP contribution in [0.4, 0.5) is 5.69 Å². The van der Waals surface area contributed by atoms with E-state index >= 15 is 0 Å². The third-order valence-corrected chi connectivity index (χ3v) is 6.36. The Morgan fingerprint density at radius 3 is 2.24 bits per heavy atom. The van der Waals surface area contributed by atoms with Gasteiger partial charge in [0, 0.05) is 5.54 Å². The molecule has 0 unspecified atom stereocenters. The minimum atomic E-state index is -3.75. The number of rotatable bonds is 8. The summed E-state index contributed by atoms with van der Waals surface area (Å²) in [5.41, 5.74) is 0.812. The molecule has 0 spiro atoms. The molecule has 0 fully saturated rings. The van der Waals surface area contributed by atoms with Crippen LogP contribution in [0.25, 0.3) is 0 Å². The molecule has 29 heavy (non-hydrogen) atoms. The molecule has 0 aromatic heterocycles. The van der Waals surface area contributed by atoms with E-state index in [0.29, 0.717) is 23.6 Å². The summed E-state index contributed by atoms with van der Waals surface area (Å²) >= 11 is 12.0. The van der Waals surface area contributed by atoms with Gasteiger partial charge in [-0.1, -0.05) is 60.5 Å². The van der Waals surface area contributed by atoms with Gasteiger partial charge < -0.3 is 5.32 Å². The lowest BCUT2D eigenvalue weighted by Crippen LogP contribution is -2.55. The lowest BCUT2D eigenvalue weighted by molar-refractivity contribution is -0.123. The van der Waals surface area contributed by atoms with E-state index in [1.54, 1.807) is 13.0 Å². The summed E-state index contributed by atoms with van der Waals surface area (Å²) in [6.45, 7) is 5.59. The van der Waals surface area contributed by atoms with E-state index in [1.807, 2.05) is 44.2 Å². The molecule has 0 saturated carbocycles. The summed E-state index contributed by atoms with van der Waals surface area (Å²) < 4.78 is 26.2. The van der Waals surface area contributed by atoms with Crippen molar-refractivity contribution < 1.29 is 13.2 Å². The molecule has 0 radical (unpaired) electrons. The monoisotopic (exact) mass is 456 g/mol. The molecular formula is C21H26Cl2N2O3S. The molecule has 2 rings (SSSR count). The third kappa shape index (κ3) is 6.36. The van der Waals surface area contributed by atoms with Gasteiger partial charge in [-0.2, -0.15) is 0 Å². The first-order valence-electron chi connectivity index (χ1n) is 9.25. The number of hydrogen-bond acceptors (Lipinski definition) is 3. The molecular weight excluding hydrogens is 431 g/mol. The number of nitrogens with one attached hydrogen (secondary N) is 1. The summed E-state index contributed by atoms with van der Waals surface area (Å²) in [5.74, 6) is -0.370.